The maximum Gasteiger partial charge on any atom is 0.325 e. The average Bonchev–Trinajstić information content (AvgIpc) is 2.99. The Morgan fingerprint density at radius 1 is 1.15 bits per heavy atom. The molecule has 1 aliphatic rings. The summed E-state index contributed by atoms with van der Waals surface area (Å²) in [6, 6.07) is 0. The van der Waals surface area contributed by atoms with E-state index in [4.69, 9.17) is 32.7 Å². The molecule has 0 spiro atoms. The standard InChI is InChI=1S/C18H27Cl2NO5/c1-17(2,3)26-13(22)7-6-8-25-14(23)10-21-16(24)15-11(9-12(19)20)18(15,4)5/h9,11,15H,6-8,10H2,1-5H3,(H,21,24)/t11-,15+/m0/s1. The van der Waals surface area contributed by atoms with Gasteiger partial charge in [-0.1, -0.05) is 37.0 Å². The Kier molecular flexibility index (Phi) is 7.96. The van der Waals surface area contributed by atoms with Crippen molar-refractivity contribution in [3.8, 4) is 0 Å². The van der Waals surface area contributed by atoms with Crippen LogP contribution in [0.4, 0.5) is 0 Å². The van der Waals surface area contributed by atoms with Gasteiger partial charge >= 0.3 is 11.9 Å². The third kappa shape index (κ3) is 7.54. The highest BCUT2D eigenvalue weighted by Crippen LogP contribution is 2.59. The first kappa shape index (κ1) is 22.8. The molecule has 0 saturated heterocycles. The summed E-state index contributed by atoms with van der Waals surface area (Å²) in [4.78, 5) is 35.4. The van der Waals surface area contributed by atoms with Crippen LogP contribution in [-0.2, 0) is 23.9 Å². The van der Waals surface area contributed by atoms with E-state index in [2.05, 4.69) is 5.32 Å². The number of hydrogen-bond acceptors (Lipinski definition) is 5. The fraction of sp³-hybridized carbons (Fsp3) is 0.722. The molecule has 0 heterocycles. The molecule has 26 heavy (non-hydrogen) atoms. The molecule has 1 amide bonds. The van der Waals surface area contributed by atoms with Crippen LogP contribution in [0, 0.1) is 17.3 Å². The van der Waals surface area contributed by atoms with E-state index in [0.717, 1.165) is 0 Å². The van der Waals surface area contributed by atoms with Crippen molar-refractivity contribution in [2.24, 2.45) is 17.3 Å². The number of hydrogen-bond donors (Lipinski definition) is 1. The largest absolute Gasteiger partial charge is 0.464 e. The normalized spacial score (nSPS) is 20.7. The number of ether oxygens (including phenoxy) is 2. The van der Waals surface area contributed by atoms with Gasteiger partial charge in [0.2, 0.25) is 5.91 Å². The third-order valence-electron chi connectivity index (χ3n) is 4.11. The number of carbonyl (C=O) groups excluding carboxylic acids is 3. The first-order valence-corrected chi connectivity index (χ1v) is 9.28. The molecule has 6 nitrogen and oxygen atoms in total. The van der Waals surface area contributed by atoms with Gasteiger partial charge in [0.1, 0.15) is 16.6 Å². The van der Waals surface area contributed by atoms with Crippen LogP contribution in [0.15, 0.2) is 10.6 Å². The van der Waals surface area contributed by atoms with Gasteiger partial charge in [0.25, 0.3) is 0 Å². The molecule has 1 saturated carbocycles. The molecule has 0 unspecified atom stereocenters. The predicted octanol–water partition coefficient (Wildman–Crippen LogP) is 3.36. The summed E-state index contributed by atoms with van der Waals surface area (Å²) in [5.74, 6) is -1.47. The Morgan fingerprint density at radius 3 is 2.31 bits per heavy atom. The van der Waals surface area contributed by atoms with E-state index >= 15 is 0 Å². The van der Waals surface area contributed by atoms with Gasteiger partial charge in [-0.05, 0) is 44.6 Å². The van der Waals surface area contributed by atoms with Gasteiger partial charge in [0.05, 0.1) is 12.5 Å². The second-order valence-electron chi connectivity index (χ2n) is 7.91. The number of nitrogens with one attached hydrogen (secondary N) is 1. The molecular weight excluding hydrogens is 381 g/mol. The summed E-state index contributed by atoms with van der Waals surface area (Å²) < 4.78 is 10.3. The zero-order valence-electron chi connectivity index (χ0n) is 15.9. The minimum absolute atomic E-state index is 0.0580. The summed E-state index contributed by atoms with van der Waals surface area (Å²) in [5, 5.41) is 2.56. The minimum atomic E-state index is -0.552. The third-order valence-corrected chi connectivity index (χ3v) is 4.37. The maximum absolute atomic E-state index is 12.2. The molecule has 0 aromatic carbocycles. The second kappa shape index (κ2) is 9.09. The molecule has 1 rings (SSSR count). The Balaban J connectivity index is 2.24. The van der Waals surface area contributed by atoms with Gasteiger partial charge in [-0.15, -0.1) is 0 Å². The molecule has 0 aromatic rings. The van der Waals surface area contributed by atoms with Crippen LogP contribution in [0.5, 0.6) is 0 Å². The summed E-state index contributed by atoms with van der Waals surface area (Å²) in [6.07, 6.45) is 2.17. The zero-order valence-corrected chi connectivity index (χ0v) is 17.4. The van der Waals surface area contributed by atoms with Crippen molar-refractivity contribution in [1.82, 2.24) is 5.32 Å². The quantitative estimate of drug-likeness (QED) is 0.492. The lowest BCUT2D eigenvalue weighted by atomic mass is 10.1. The molecule has 0 aromatic heterocycles. The lowest BCUT2D eigenvalue weighted by molar-refractivity contribution is -0.156. The average molecular weight is 408 g/mol. The van der Waals surface area contributed by atoms with Crippen molar-refractivity contribution in [2.45, 2.75) is 53.1 Å². The van der Waals surface area contributed by atoms with Crippen LogP contribution in [0.25, 0.3) is 0 Å². The predicted molar refractivity (Wildman–Crippen MR) is 99.6 cm³/mol. The Morgan fingerprint density at radius 2 is 1.77 bits per heavy atom. The van der Waals surface area contributed by atoms with Crippen molar-refractivity contribution >= 4 is 41.0 Å². The molecule has 8 heteroatoms. The summed E-state index contributed by atoms with van der Waals surface area (Å²) in [6.45, 7) is 9.11. The highest BCUT2D eigenvalue weighted by atomic mass is 35.5. The fourth-order valence-electron chi connectivity index (χ4n) is 2.74. The highest BCUT2D eigenvalue weighted by Gasteiger charge is 2.60. The van der Waals surface area contributed by atoms with E-state index in [0.29, 0.717) is 6.42 Å². The van der Waals surface area contributed by atoms with Crippen LogP contribution in [-0.4, -0.2) is 36.6 Å². The van der Waals surface area contributed by atoms with E-state index in [1.54, 1.807) is 26.8 Å². The van der Waals surface area contributed by atoms with Crippen LogP contribution in [0.1, 0.15) is 47.5 Å². The van der Waals surface area contributed by atoms with Gasteiger partial charge in [0.15, 0.2) is 0 Å². The lowest BCUT2D eigenvalue weighted by Gasteiger charge is -2.19. The van der Waals surface area contributed by atoms with Crippen molar-refractivity contribution in [3.05, 3.63) is 10.6 Å². The minimum Gasteiger partial charge on any atom is -0.464 e. The van der Waals surface area contributed by atoms with Crippen LogP contribution in [0.3, 0.4) is 0 Å². The van der Waals surface area contributed by atoms with Gasteiger partial charge in [-0.3, -0.25) is 14.4 Å². The van der Waals surface area contributed by atoms with Crippen LogP contribution in [0.2, 0.25) is 0 Å². The lowest BCUT2D eigenvalue weighted by Crippen LogP contribution is -2.33. The number of amides is 1. The summed E-state index contributed by atoms with van der Waals surface area (Å²) >= 11 is 11.3. The van der Waals surface area contributed by atoms with Crippen molar-refractivity contribution in [3.63, 3.8) is 0 Å². The van der Waals surface area contributed by atoms with E-state index in [1.807, 2.05) is 13.8 Å². The SMILES string of the molecule is CC(C)(C)OC(=O)CCCOC(=O)CNC(=O)[C@H]1[C@H](C=C(Cl)Cl)C1(C)C. The van der Waals surface area contributed by atoms with Gasteiger partial charge < -0.3 is 14.8 Å². The Bertz CT molecular complexity index is 577. The first-order valence-electron chi connectivity index (χ1n) is 8.52. The molecule has 1 N–H and O–H groups in total. The molecule has 0 aliphatic heterocycles. The number of allylic oxidation sites excluding steroid dienone is 1. The molecule has 148 valence electrons. The number of carbonyl (C=O) groups is 3. The monoisotopic (exact) mass is 407 g/mol. The molecule has 1 fully saturated rings. The molecule has 0 radical (unpaired) electrons. The van der Waals surface area contributed by atoms with E-state index in [1.165, 1.54) is 0 Å². The van der Waals surface area contributed by atoms with E-state index in [9.17, 15) is 14.4 Å². The molecular formula is C18H27Cl2NO5. The molecule has 2 atom stereocenters. The van der Waals surface area contributed by atoms with E-state index < -0.39 is 11.6 Å². The van der Waals surface area contributed by atoms with Crippen molar-refractivity contribution < 1.29 is 23.9 Å². The van der Waals surface area contributed by atoms with Crippen molar-refractivity contribution in [2.75, 3.05) is 13.2 Å². The topological polar surface area (TPSA) is 81.7 Å². The second-order valence-corrected chi connectivity index (χ2v) is 8.92. The number of halogens is 2. The maximum atomic E-state index is 12.2. The molecule has 1 aliphatic carbocycles. The van der Waals surface area contributed by atoms with Gasteiger partial charge in [0, 0.05) is 6.42 Å². The summed E-state index contributed by atoms with van der Waals surface area (Å²) in [7, 11) is 0. The number of rotatable bonds is 8. The van der Waals surface area contributed by atoms with Crippen LogP contribution < -0.4 is 5.32 Å². The highest BCUT2D eigenvalue weighted by molar-refractivity contribution is 6.55. The van der Waals surface area contributed by atoms with Crippen LogP contribution >= 0.6 is 23.2 Å². The van der Waals surface area contributed by atoms with E-state index in [-0.39, 0.29) is 53.2 Å². The van der Waals surface area contributed by atoms with Gasteiger partial charge in [-0.25, -0.2) is 0 Å². The fourth-order valence-corrected chi connectivity index (χ4v) is 3.01. The van der Waals surface area contributed by atoms with Crippen molar-refractivity contribution in [1.29, 1.82) is 0 Å². The zero-order chi connectivity index (χ0) is 20.1. The first-order chi connectivity index (χ1) is 11.8. The Hall–Kier alpha value is -1.27. The number of esters is 2. The summed E-state index contributed by atoms with van der Waals surface area (Å²) in [5.41, 5.74) is -0.786. The Labute approximate surface area is 164 Å². The molecule has 0 bridgehead atoms. The van der Waals surface area contributed by atoms with Gasteiger partial charge in [-0.2, -0.15) is 0 Å². The smallest absolute Gasteiger partial charge is 0.325 e.